The Morgan fingerprint density at radius 2 is 2.09 bits per heavy atom. The van der Waals surface area contributed by atoms with Crippen LogP contribution >= 0.6 is 24.0 Å². The highest BCUT2D eigenvalue weighted by Crippen LogP contribution is 2.00. The van der Waals surface area contributed by atoms with Crippen molar-refractivity contribution in [3.8, 4) is 0 Å². The van der Waals surface area contributed by atoms with Gasteiger partial charge in [0.1, 0.15) is 12.3 Å². The van der Waals surface area contributed by atoms with Gasteiger partial charge in [-0.1, -0.05) is 13.3 Å². The molecule has 1 N–H and O–H groups in total. The van der Waals surface area contributed by atoms with Gasteiger partial charge in [0, 0.05) is 40.7 Å². The summed E-state index contributed by atoms with van der Waals surface area (Å²) in [4.78, 5) is 19.7. The average Bonchev–Trinajstić information content (AvgIpc) is 3.00. The van der Waals surface area contributed by atoms with Gasteiger partial charge in [-0.15, -0.1) is 24.0 Å². The second-order valence-corrected chi connectivity index (χ2v) is 5.46. The molecule has 0 aromatic carbocycles. The van der Waals surface area contributed by atoms with Crippen molar-refractivity contribution in [1.29, 1.82) is 0 Å². The normalized spacial score (nSPS) is 10.9. The first-order valence-electron chi connectivity index (χ1n) is 7.76. The number of rotatable bonds is 8. The average molecular weight is 436 g/mol. The van der Waals surface area contributed by atoms with E-state index in [4.69, 9.17) is 4.42 Å². The Morgan fingerprint density at radius 1 is 1.35 bits per heavy atom. The quantitative estimate of drug-likeness (QED) is 0.386. The Kier molecular flexibility index (Phi) is 11.5. The van der Waals surface area contributed by atoms with Crippen molar-refractivity contribution in [3.05, 3.63) is 24.2 Å². The molecule has 0 saturated heterocycles. The third kappa shape index (κ3) is 8.83. The minimum absolute atomic E-state index is 0. The number of aliphatic imine (C=N–C) groups is 1. The molecule has 0 radical (unpaired) electrons. The molecule has 0 saturated carbocycles. The number of unbranched alkanes of at least 4 members (excludes halogenated alkanes) is 1. The zero-order valence-electron chi connectivity index (χ0n) is 14.5. The van der Waals surface area contributed by atoms with E-state index in [2.05, 4.69) is 22.1 Å². The van der Waals surface area contributed by atoms with Crippen LogP contribution in [0.25, 0.3) is 0 Å². The lowest BCUT2D eigenvalue weighted by molar-refractivity contribution is -0.127. The second kappa shape index (κ2) is 12.2. The number of furan rings is 1. The summed E-state index contributed by atoms with van der Waals surface area (Å²) < 4.78 is 5.32. The number of hydrogen-bond donors (Lipinski definition) is 1. The lowest BCUT2D eigenvalue weighted by Gasteiger charge is -2.22. The number of hydrogen-bond acceptors (Lipinski definition) is 3. The molecule has 132 valence electrons. The Morgan fingerprint density at radius 3 is 2.65 bits per heavy atom. The largest absolute Gasteiger partial charge is 0.469 e. The number of carbonyl (C=O) groups is 1. The van der Waals surface area contributed by atoms with E-state index in [0.717, 1.165) is 44.1 Å². The Balaban J connectivity index is 0.00000484. The molecule has 1 heterocycles. The van der Waals surface area contributed by atoms with Gasteiger partial charge < -0.3 is 19.5 Å². The van der Waals surface area contributed by atoms with E-state index in [1.165, 1.54) is 0 Å². The minimum Gasteiger partial charge on any atom is -0.469 e. The molecule has 0 spiro atoms. The Hall–Kier alpha value is -1.25. The molecule has 0 unspecified atom stereocenters. The summed E-state index contributed by atoms with van der Waals surface area (Å²) in [7, 11) is 5.47. The maximum absolute atomic E-state index is 11.7. The summed E-state index contributed by atoms with van der Waals surface area (Å²) in [5.41, 5.74) is 0. The number of nitrogens with zero attached hydrogens (tertiary/aromatic N) is 3. The van der Waals surface area contributed by atoms with Crippen LogP contribution in [0.3, 0.4) is 0 Å². The van der Waals surface area contributed by atoms with E-state index < -0.39 is 0 Å². The predicted octanol–water partition coefficient (Wildman–Crippen LogP) is 2.21. The molecular formula is C16H29IN4O2. The van der Waals surface area contributed by atoms with Crippen LogP contribution in [0.2, 0.25) is 0 Å². The fourth-order valence-corrected chi connectivity index (χ4v) is 1.85. The van der Waals surface area contributed by atoms with E-state index in [-0.39, 0.29) is 36.4 Å². The third-order valence-electron chi connectivity index (χ3n) is 3.31. The predicted molar refractivity (Wildman–Crippen MR) is 104 cm³/mol. The van der Waals surface area contributed by atoms with Crippen molar-refractivity contribution < 1.29 is 9.21 Å². The van der Waals surface area contributed by atoms with Gasteiger partial charge in [0.05, 0.1) is 6.26 Å². The highest BCUT2D eigenvalue weighted by Gasteiger charge is 2.08. The first-order chi connectivity index (χ1) is 10.5. The maximum atomic E-state index is 11.7. The highest BCUT2D eigenvalue weighted by atomic mass is 127. The van der Waals surface area contributed by atoms with Crippen LogP contribution in [0, 0.1) is 0 Å². The van der Waals surface area contributed by atoms with Crippen molar-refractivity contribution in [2.75, 3.05) is 40.8 Å². The van der Waals surface area contributed by atoms with Crippen LogP contribution in [-0.4, -0.2) is 62.4 Å². The van der Waals surface area contributed by atoms with E-state index in [1.54, 1.807) is 25.3 Å². The lowest BCUT2D eigenvalue weighted by Crippen LogP contribution is -2.41. The summed E-state index contributed by atoms with van der Waals surface area (Å²) in [6.45, 7) is 3.95. The summed E-state index contributed by atoms with van der Waals surface area (Å²) in [6.07, 6.45) is 4.68. The molecule has 6 nitrogen and oxygen atoms in total. The number of likely N-dealkylation sites (N-methyl/N-ethyl adjacent to an activating group) is 1. The molecule has 0 aliphatic heterocycles. The number of amides is 1. The first-order valence-corrected chi connectivity index (χ1v) is 7.76. The smallest absolute Gasteiger partial charge is 0.243 e. The van der Waals surface area contributed by atoms with Crippen molar-refractivity contribution >= 4 is 35.8 Å². The summed E-state index contributed by atoms with van der Waals surface area (Å²) in [5.74, 6) is 1.69. The van der Waals surface area contributed by atoms with Gasteiger partial charge in [-0.25, -0.2) is 4.99 Å². The highest BCUT2D eigenvalue weighted by molar-refractivity contribution is 14.0. The van der Waals surface area contributed by atoms with E-state index >= 15 is 0 Å². The molecule has 1 rings (SSSR count). The van der Waals surface area contributed by atoms with Gasteiger partial charge in [-0.05, 0) is 18.6 Å². The molecule has 23 heavy (non-hydrogen) atoms. The summed E-state index contributed by atoms with van der Waals surface area (Å²) >= 11 is 0. The standard InChI is InChI=1S/C16H28N4O2.HI/c1-5-6-11-20(4)16(18-13-15(21)19(2)3)17-10-9-14-8-7-12-22-14;/h7-8,12H,5-6,9-11,13H2,1-4H3,(H,17,18);1H. The molecule has 1 aromatic heterocycles. The van der Waals surface area contributed by atoms with E-state index in [9.17, 15) is 4.79 Å². The van der Waals surface area contributed by atoms with Crippen molar-refractivity contribution in [2.45, 2.75) is 26.2 Å². The number of carbonyl (C=O) groups excluding carboxylic acids is 1. The third-order valence-corrected chi connectivity index (χ3v) is 3.31. The van der Waals surface area contributed by atoms with Gasteiger partial charge in [-0.3, -0.25) is 4.79 Å². The van der Waals surface area contributed by atoms with Crippen LogP contribution in [0.15, 0.2) is 27.8 Å². The molecule has 0 fully saturated rings. The van der Waals surface area contributed by atoms with Crippen LogP contribution in [0.5, 0.6) is 0 Å². The Labute approximate surface area is 156 Å². The fraction of sp³-hybridized carbons (Fsp3) is 0.625. The number of guanidine groups is 1. The van der Waals surface area contributed by atoms with Crippen LogP contribution in [0.1, 0.15) is 25.5 Å². The second-order valence-electron chi connectivity index (χ2n) is 5.46. The topological polar surface area (TPSA) is 61.1 Å². The summed E-state index contributed by atoms with van der Waals surface area (Å²) in [5, 5.41) is 3.31. The molecule has 0 aliphatic rings. The van der Waals surface area contributed by atoms with Gasteiger partial charge in [-0.2, -0.15) is 0 Å². The van der Waals surface area contributed by atoms with Crippen LogP contribution < -0.4 is 5.32 Å². The molecule has 1 aromatic rings. The molecule has 0 aliphatic carbocycles. The molecule has 7 heteroatoms. The van der Waals surface area contributed by atoms with Gasteiger partial charge in [0.15, 0.2) is 5.96 Å². The summed E-state index contributed by atoms with van der Waals surface area (Å²) in [6, 6.07) is 3.84. The maximum Gasteiger partial charge on any atom is 0.243 e. The first kappa shape index (κ1) is 21.8. The minimum atomic E-state index is -0.00535. The Bertz CT molecular complexity index is 461. The van der Waals surface area contributed by atoms with Crippen molar-refractivity contribution in [3.63, 3.8) is 0 Å². The molecule has 1 amide bonds. The van der Waals surface area contributed by atoms with Crippen molar-refractivity contribution in [1.82, 2.24) is 15.1 Å². The lowest BCUT2D eigenvalue weighted by atomic mass is 10.3. The fourth-order valence-electron chi connectivity index (χ4n) is 1.85. The van der Waals surface area contributed by atoms with Gasteiger partial charge >= 0.3 is 0 Å². The van der Waals surface area contributed by atoms with Crippen LogP contribution in [0.4, 0.5) is 0 Å². The molecule has 0 bridgehead atoms. The monoisotopic (exact) mass is 436 g/mol. The van der Waals surface area contributed by atoms with Gasteiger partial charge in [0.25, 0.3) is 0 Å². The zero-order chi connectivity index (χ0) is 16.4. The number of nitrogens with one attached hydrogen (secondary N) is 1. The van der Waals surface area contributed by atoms with Crippen molar-refractivity contribution in [2.24, 2.45) is 4.99 Å². The number of halogens is 1. The van der Waals surface area contributed by atoms with Gasteiger partial charge in [0.2, 0.25) is 5.91 Å². The van der Waals surface area contributed by atoms with Crippen LogP contribution in [-0.2, 0) is 11.2 Å². The SMILES string of the molecule is CCCCN(C)C(=NCC(=O)N(C)C)NCCc1ccco1.I. The molecule has 0 atom stereocenters. The van der Waals surface area contributed by atoms with E-state index in [0.29, 0.717) is 0 Å². The molecular weight excluding hydrogens is 407 g/mol. The van der Waals surface area contributed by atoms with E-state index in [1.807, 2.05) is 19.2 Å². The zero-order valence-corrected chi connectivity index (χ0v) is 16.9.